The van der Waals surface area contributed by atoms with Crippen LogP contribution in [0.1, 0.15) is 79.5 Å². The number of β-amino-alcohol motifs (C(OH)–C–C–N with tert-alkyl or cyclic N) is 1. The van der Waals surface area contributed by atoms with Crippen LogP contribution in [-0.4, -0.2) is 57.4 Å². The van der Waals surface area contributed by atoms with Crippen molar-refractivity contribution in [2.45, 2.75) is 99.9 Å². The monoisotopic (exact) mass is 584 g/mol. The first-order valence-corrected chi connectivity index (χ1v) is 15.4. The molecule has 0 radical (unpaired) electrons. The van der Waals surface area contributed by atoms with Crippen LogP contribution in [-0.2, 0) is 20.9 Å². The average molecular weight is 585 g/mol. The summed E-state index contributed by atoms with van der Waals surface area (Å²) in [7, 11) is 0. The number of aryl methyl sites for hydroxylation is 1. The van der Waals surface area contributed by atoms with E-state index in [-0.39, 0.29) is 42.0 Å². The van der Waals surface area contributed by atoms with Crippen LogP contribution in [0.25, 0.3) is 10.4 Å². The third kappa shape index (κ3) is 8.38. The summed E-state index contributed by atoms with van der Waals surface area (Å²) in [5.74, 6) is -0.781. The van der Waals surface area contributed by atoms with Crippen molar-refractivity contribution in [3.63, 3.8) is 0 Å². The molecular weight excluding hydrogens is 536 g/mol. The number of thiazole rings is 1. The van der Waals surface area contributed by atoms with E-state index in [2.05, 4.69) is 43.3 Å². The first-order chi connectivity index (χ1) is 19.0. The normalized spacial score (nSPS) is 19.9. The van der Waals surface area contributed by atoms with Gasteiger partial charge in [-0.3, -0.25) is 14.4 Å². The van der Waals surface area contributed by atoms with Gasteiger partial charge in [0.25, 0.3) is 0 Å². The van der Waals surface area contributed by atoms with Crippen molar-refractivity contribution in [3.05, 3.63) is 41.0 Å². The molecule has 1 aliphatic rings. The van der Waals surface area contributed by atoms with Crippen LogP contribution >= 0.6 is 11.3 Å². The Kier molecular flexibility index (Phi) is 10.4. The molecule has 1 aliphatic heterocycles. The number of nitrogens with one attached hydrogen (secondary N) is 2. The summed E-state index contributed by atoms with van der Waals surface area (Å²) in [4.78, 5) is 47.2. The van der Waals surface area contributed by atoms with Crippen molar-refractivity contribution >= 4 is 29.1 Å². The number of rotatable bonds is 9. The maximum absolute atomic E-state index is 13.9. The summed E-state index contributed by atoms with van der Waals surface area (Å²) in [6, 6.07) is 6.32. The van der Waals surface area contributed by atoms with Crippen LogP contribution in [0, 0.1) is 29.6 Å². The molecule has 0 saturated carbocycles. The van der Waals surface area contributed by atoms with E-state index < -0.39 is 23.6 Å². The van der Waals surface area contributed by atoms with Crippen LogP contribution in [0.4, 0.5) is 0 Å². The Morgan fingerprint density at radius 3 is 2.24 bits per heavy atom. The second kappa shape index (κ2) is 13.0. The molecule has 9 heteroatoms. The molecule has 8 nitrogen and oxygen atoms in total. The number of aliphatic hydroxyl groups excluding tert-OH is 1. The Bertz CT molecular complexity index is 1210. The van der Waals surface area contributed by atoms with E-state index in [4.69, 9.17) is 0 Å². The van der Waals surface area contributed by atoms with Gasteiger partial charge >= 0.3 is 0 Å². The number of nitrogens with zero attached hydrogens (tertiary/aromatic N) is 2. The van der Waals surface area contributed by atoms with Gasteiger partial charge in [-0.05, 0) is 41.2 Å². The molecule has 1 aromatic heterocycles. The molecule has 5 unspecified atom stereocenters. The van der Waals surface area contributed by atoms with Crippen LogP contribution < -0.4 is 10.6 Å². The van der Waals surface area contributed by atoms with Gasteiger partial charge in [-0.25, -0.2) is 4.98 Å². The molecule has 2 heterocycles. The van der Waals surface area contributed by atoms with E-state index in [1.165, 1.54) is 4.90 Å². The number of benzene rings is 1. The standard InChI is InChI=1S/C32H48N4O4S/c1-19(14-20(2)31(4,5)6)28(38)35-27(32(7,8)9)30(40)36-17-24(37)15-25(36)29(39)33-16-22-10-12-23(13-11-22)26-21(3)34-18-41-26/h10-13,18-20,24-25,27,37H,14-17H2,1-9H3,(H,33,39)(H,35,38). The molecule has 1 aromatic carbocycles. The summed E-state index contributed by atoms with van der Waals surface area (Å²) in [5, 5.41) is 16.4. The maximum Gasteiger partial charge on any atom is 0.246 e. The highest BCUT2D eigenvalue weighted by Gasteiger charge is 2.44. The van der Waals surface area contributed by atoms with Crippen molar-refractivity contribution in [1.29, 1.82) is 0 Å². The topological polar surface area (TPSA) is 112 Å². The van der Waals surface area contributed by atoms with E-state index >= 15 is 0 Å². The molecule has 1 saturated heterocycles. The highest BCUT2D eigenvalue weighted by atomic mass is 32.1. The van der Waals surface area contributed by atoms with E-state index in [0.717, 1.165) is 21.7 Å². The molecule has 0 spiro atoms. The lowest BCUT2D eigenvalue weighted by Crippen LogP contribution is -2.58. The predicted molar refractivity (Wildman–Crippen MR) is 164 cm³/mol. The van der Waals surface area contributed by atoms with Gasteiger partial charge in [-0.1, -0.05) is 79.7 Å². The number of aromatic nitrogens is 1. The van der Waals surface area contributed by atoms with Gasteiger partial charge in [0.2, 0.25) is 17.7 Å². The molecule has 3 amide bonds. The minimum atomic E-state index is -0.828. The van der Waals surface area contributed by atoms with E-state index in [0.29, 0.717) is 18.9 Å². The molecular formula is C32H48N4O4S. The van der Waals surface area contributed by atoms with Crippen molar-refractivity contribution < 1.29 is 19.5 Å². The number of carbonyl (C=O) groups excluding carboxylic acids is 3. The molecule has 3 rings (SSSR count). The smallest absolute Gasteiger partial charge is 0.246 e. The van der Waals surface area contributed by atoms with Crippen LogP contribution in [0.2, 0.25) is 0 Å². The van der Waals surface area contributed by atoms with Gasteiger partial charge < -0.3 is 20.6 Å². The summed E-state index contributed by atoms with van der Waals surface area (Å²) >= 11 is 1.59. The van der Waals surface area contributed by atoms with Gasteiger partial charge in [0.05, 0.1) is 22.2 Å². The average Bonchev–Trinajstić information content (AvgIpc) is 3.49. The lowest BCUT2D eigenvalue weighted by molar-refractivity contribution is -0.144. The van der Waals surface area contributed by atoms with E-state index in [1.54, 1.807) is 11.3 Å². The number of likely N-dealkylation sites (tertiary alicyclic amines) is 1. The first kappa shape index (κ1) is 32.7. The van der Waals surface area contributed by atoms with Gasteiger partial charge in [0.15, 0.2) is 0 Å². The maximum atomic E-state index is 13.9. The van der Waals surface area contributed by atoms with Gasteiger partial charge in [0, 0.05) is 25.4 Å². The number of hydrogen-bond acceptors (Lipinski definition) is 6. The molecule has 3 N–H and O–H groups in total. The minimum absolute atomic E-state index is 0.0544. The number of amides is 3. The summed E-state index contributed by atoms with van der Waals surface area (Å²) in [5.41, 5.74) is 4.30. The molecule has 226 valence electrons. The van der Waals surface area contributed by atoms with Crippen molar-refractivity contribution in [1.82, 2.24) is 20.5 Å². The number of carbonyl (C=O) groups is 3. The Hall–Kier alpha value is -2.78. The SMILES string of the molecule is Cc1ncsc1-c1ccc(CNC(=O)C2CC(O)CN2C(=O)C(NC(=O)C(C)CC(C)C(C)(C)C)C(C)(C)C)cc1. The van der Waals surface area contributed by atoms with Crippen LogP contribution in [0.5, 0.6) is 0 Å². The van der Waals surface area contributed by atoms with Gasteiger partial charge in [-0.2, -0.15) is 0 Å². The zero-order valence-electron chi connectivity index (χ0n) is 26.1. The summed E-state index contributed by atoms with van der Waals surface area (Å²) in [6.07, 6.45) is 0.0592. The molecule has 1 fully saturated rings. The first-order valence-electron chi connectivity index (χ1n) is 14.5. The van der Waals surface area contributed by atoms with E-state index in [1.807, 2.05) is 64.4 Å². The van der Waals surface area contributed by atoms with Crippen molar-refractivity contribution in [2.24, 2.45) is 22.7 Å². The molecule has 0 aliphatic carbocycles. The fourth-order valence-electron chi connectivity index (χ4n) is 5.06. The van der Waals surface area contributed by atoms with Crippen molar-refractivity contribution in [2.75, 3.05) is 6.54 Å². The second-order valence-electron chi connectivity index (χ2n) is 13.8. The molecule has 2 aromatic rings. The van der Waals surface area contributed by atoms with Crippen LogP contribution in [0.15, 0.2) is 29.8 Å². The molecule has 5 atom stereocenters. The second-order valence-corrected chi connectivity index (χ2v) is 14.6. The van der Waals surface area contributed by atoms with Gasteiger partial charge in [-0.15, -0.1) is 11.3 Å². The largest absolute Gasteiger partial charge is 0.391 e. The zero-order chi connectivity index (χ0) is 30.7. The minimum Gasteiger partial charge on any atom is -0.391 e. The van der Waals surface area contributed by atoms with E-state index in [9.17, 15) is 19.5 Å². The zero-order valence-corrected chi connectivity index (χ0v) is 26.9. The van der Waals surface area contributed by atoms with Crippen molar-refractivity contribution in [3.8, 4) is 10.4 Å². The predicted octanol–water partition coefficient (Wildman–Crippen LogP) is 4.94. The Balaban J connectivity index is 1.67. The summed E-state index contributed by atoms with van der Waals surface area (Å²) in [6.45, 7) is 18.5. The fraction of sp³-hybridized carbons (Fsp3) is 0.625. The number of aliphatic hydroxyl groups is 1. The third-order valence-electron chi connectivity index (χ3n) is 8.33. The Labute approximate surface area is 249 Å². The van der Waals surface area contributed by atoms with Crippen LogP contribution in [0.3, 0.4) is 0 Å². The Morgan fingerprint density at radius 2 is 1.71 bits per heavy atom. The summed E-state index contributed by atoms with van der Waals surface area (Å²) < 4.78 is 0. The Morgan fingerprint density at radius 1 is 1.07 bits per heavy atom. The quantitative estimate of drug-likeness (QED) is 0.387. The molecule has 41 heavy (non-hydrogen) atoms. The lowest BCUT2D eigenvalue weighted by Gasteiger charge is -2.36. The third-order valence-corrected chi connectivity index (χ3v) is 9.30. The highest BCUT2D eigenvalue weighted by Crippen LogP contribution is 2.32. The number of hydrogen-bond donors (Lipinski definition) is 3. The lowest BCUT2D eigenvalue weighted by atomic mass is 9.77. The fourth-order valence-corrected chi connectivity index (χ4v) is 5.87. The molecule has 0 bridgehead atoms. The highest BCUT2D eigenvalue weighted by molar-refractivity contribution is 7.13. The van der Waals surface area contributed by atoms with Gasteiger partial charge in [0.1, 0.15) is 12.1 Å².